The fourth-order valence-corrected chi connectivity index (χ4v) is 2.37. The highest BCUT2D eigenvalue weighted by atomic mass is 16.3. The second kappa shape index (κ2) is 6.37. The van der Waals surface area contributed by atoms with Crippen molar-refractivity contribution in [3.8, 4) is 0 Å². The SMILES string of the molecule is CC(=O)N1CCN(Cc2coc(C(C)C)n2)C[C@@H](O)C1. The lowest BCUT2D eigenvalue weighted by Gasteiger charge is -2.19. The molecule has 0 bridgehead atoms. The fourth-order valence-electron chi connectivity index (χ4n) is 2.37. The number of carbonyl (C=O) groups is 1. The van der Waals surface area contributed by atoms with E-state index in [9.17, 15) is 9.90 Å². The van der Waals surface area contributed by atoms with Crippen molar-refractivity contribution in [2.24, 2.45) is 0 Å². The van der Waals surface area contributed by atoms with E-state index in [4.69, 9.17) is 4.42 Å². The molecule has 1 aromatic rings. The Balaban J connectivity index is 1.96. The molecule has 6 nitrogen and oxygen atoms in total. The van der Waals surface area contributed by atoms with Crippen molar-refractivity contribution < 1.29 is 14.3 Å². The number of carbonyl (C=O) groups excluding carboxylic acids is 1. The molecule has 1 aliphatic rings. The molecule has 112 valence electrons. The van der Waals surface area contributed by atoms with Crippen LogP contribution in [0.4, 0.5) is 0 Å². The van der Waals surface area contributed by atoms with E-state index >= 15 is 0 Å². The molecule has 0 saturated carbocycles. The van der Waals surface area contributed by atoms with Gasteiger partial charge < -0.3 is 14.4 Å². The van der Waals surface area contributed by atoms with Gasteiger partial charge >= 0.3 is 0 Å². The molecule has 20 heavy (non-hydrogen) atoms. The third-order valence-corrected chi connectivity index (χ3v) is 3.48. The van der Waals surface area contributed by atoms with Crippen LogP contribution >= 0.6 is 0 Å². The van der Waals surface area contributed by atoms with Crippen molar-refractivity contribution in [1.29, 1.82) is 0 Å². The average molecular weight is 281 g/mol. The summed E-state index contributed by atoms with van der Waals surface area (Å²) in [6, 6.07) is 0. The summed E-state index contributed by atoms with van der Waals surface area (Å²) in [5.74, 6) is 1.02. The highest BCUT2D eigenvalue weighted by molar-refractivity contribution is 5.73. The van der Waals surface area contributed by atoms with Gasteiger partial charge in [-0.25, -0.2) is 4.98 Å². The number of aliphatic hydroxyl groups excluding tert-OH is 1. The molecule has 0 aliphatic carbocycles. The summed E-state index contributed by atoms with van der Waals surface area (Å²) in [4.78, 5) is 19.6. The first kappa shape index (κ1) is 15.0. The predicted molar refractivity (Wildman–Crippen MR) is 74.1 cm³/mol. The predicted octanol–water partition coefficient (Wildman–Crippen LogP) is 0.823. The molecule has 1 aliphatic heterocycles. The number of β-amino-alcohol motifs (C(OH)–C–C–N with tert-alkyl or cyclic N) is 1. The van der Waals surface area contributed by atoms with Gasteiger partial charge in [0.1, 0.15) is 6.26 Å². The molecule has 2 rings (SSSR count). The van der Waals surface area contributed by atoms with E-state index in [1.807, 2.05) is 13.8 Å². The molecule has 0 unspecified atom stereocenters. The summed E-state index contributed by atoms with van der Waals surface area (Å²) in [6.45, 7) is 8.58. The normalized spacial score (nSPS) is 21.2. The van der Waals surface area contributed by atoms with Crippen LogP contribution in [-0.2, 0) is 11.3 Å². The van der Waals surface area contributed by atoms with Gasteiger partial charge in [-0.15, -0.1) is 0 Å². The molecule has 1 saturated heterocycles. The van der Waals surface area contributed by atoms with Crippen LogP contribution in [0.15, 0.2) is 10.7 Å². The minimum Gasteiger partial charge on any atom is -0.448 e. The van der Waals surface area contributed by atoms with Gasteiger partial charge in [0.15, 0.2) is 5.89 Å². The molecule has 6 heteroatoms. The van der Waals surface area contributed by atoms with E-state index in [1.165, 1.54) is 6.92 Å². The van der Waals surface area contributed by atoms with Gasteiger partial charge in [-0.05, 0) is 0 Å². The Morgan fingerprint density at radius 1 is 1.50 bits per heavy atom. The van der Waals surface area contributed by atoms with Crippen LogP contribution < -0.4 is 0 Å². The lowest BCUT2D eigenvalue weighted by molar-refractivity contribution is -0.129. The van der Waals surface area contributed by atoms with Gasteiger partial charge in [-0.2, -0.15) is 0 Å². The fraction of sp³-hybridized carbons (Fsp3) is 0.714. The van der Waals surface area contributed by atoms with E-state index in [-0.39, 0.29) is 11.8 Å². The Bertz CT molecular complexity index is 458. The summed E-state index contributed by atoms with van der Waals surface area (Å²) in [5.41, 5.74) is 0.872. The Morgan fingerprint density at radius 2 is 2.25 bits per heavy atom. The van der Waals surface area contributed by atoms with E-state index in [2.05, 4.69) is 9.88 Å². The molecule has 0 aromatic carbocycles. The number of aliphatic hydroxyl groups is 1. The molecule has 2 heterocycles. The summed E-state index contributed by atoms with van der Waals surface area (Å²) in [6.07, 6.45) is 1.16. The van der Waals surface area contributed by atoms with E-state index < -0.39 is 6.10 Å². The first-order chi connectivity index (χ1) is 9.45. The monoisotopic (exact) mass is 281 g/mol. The largest absolute Gasteiger partial charge is 0.448 e. The quantitative estimate of drug-likeness (QED) is 0.888. The Kier molecular flexibility index (Phi) is 4.77. The van der Waals surface area contributed by atoms with Crippen LogP contribution in [0.2, 0.25) is 0 Å². The summed E-state index contributed by atoms with van der Waals surface area (Å²) in [5, 5.41) is 9.97. The standard InChI is InChI=1S/C14H23N3O3/c1-10(2)14-15-12(9-20-14)6-16-4-5-17(11(3)18)8-13(19)7-16/h9-10,13,19H,4-8H2,1-3H3/t13-/m1/s1. The van der Waals surface area contributed by atoms with Crippen LogP contribution in [0.25, 0.3) is 0 Å². The smallest absolute Gasteiger partial charge is 0.219 e. The molecule has 1 aromatic heterocycles. The molecule has 0 spiro atoms. The Morgan fingerprint density at radius 3 is 2.85 bits per heavy atom. The van der Waals surface area contributed by atoms with E-state index in [1.54, 1.807) is 11.2 Å². The number of hydrogen-bond donors (Lipinski definition) is 1. The van der Waals surface area contributed by atoms with Gasteiger partial charge in [0.05, 0.1) is 11.8 Å². The third-order valence-electron chi connectivity index (χ3n) is 3.48. The number of hydrogen-bond acceptors (Lipinski definition) is 5. The van der Waals surface area contributed by atoms with Gasteiger partial charge in [-0.3, -0.25) is 9.69 Å². The Labute approximate surface area is 119 Å². The molecule has 1 amide bonds. The molecule has 1 atom stereocenters. The van der Waals surface area contributed by atoms with Crippen LogP contribution in [0.5, 0.6) is 0 Å². The average Bonchev–Trinajstić information content (AvgIpc) is 2.74. The Hall–Kier alpha value is -1.40. The van der Waals surface area contributed by atoms with Gasteiger partial charge in [0, 0.05) is 45.6 Å². The number of rotatable bonds is 3. The zero-order valence-corrected chi connectivity index (χ0v) is 12.4. The lowest BCUT2D eigenvalue weighted by Crippen LogP contribution is -2.36. The first-order valence-corrected chi connectivity index (χ1v) is 7.06. The highest BCUT2D eigenvalue weighted by Gasteiger charge is 2.23. The van der Waals surface area contributed by atoms with Gasteiger partial charge in [-0.1, -0.05) is 13.8 Å². The zero-order chi connectivity index (χ0) is 14.7. The van der Waals surface area contributed by atoms with Crippen molar-refractivity contribution in [3.05, 3.63) is 17.8 Å². The van der Waals surface area contributed by atoms with Gasteiger partial charge in [0.25, 0.3) is 0 Å². The topological polar surface area (TPSA) is 69.8 Å². The van der Waals surface area contributed by atoms with Gasteiger partial charge in [0.2, 0.25) is 5.91 Å². The molecule has 0 radical (unpaired) electrons. The van der Waals surface area contributed by atoms with Crippen LogP contribution in [0.1, 0.15) is 38.3 Å². The van der Waals surface area contributed by atoms with Crippen molar-refractivity contribution in [3.63, 3.8) is 0 Å². The van der Waals surface area contributed by atoms with Crippen molar-refractivity contribution in [2.45, 2.75) is 39.3 Å². The summed E-state index contributed by atoms with van der Waals surface area (Å²) < 4.78 is 5.42. The van der Waals surface area contributed by atoms with Crippen molar-refractivity contribution in [1.82, 2.24) is 14.8 Å². The number of amides is 1. The molecular weight excluding hydrogens is 258 g/mol. The second-order valence-corrected chi connectivity index (χ2v) is 5.69. The first-order valence-electron chi connectivity index (χ1n) is 7.06. The third kappa shape index (κ3) is 3.80. The number of aromatic nitrogens is 1. The second-order valence-electron chi connectivity index (χ2n) is 5.69. The maximum atomic E-state index is 11.4. The van der Waals surface area contributed by atoms with E-state index in [0.29, 0.717) is 26.2 Å². The van der Waals surface area contributed by atoms with Crippen LogP contribution in [0.3, 0.4) is 0 Å². The number of nitrogens with zero attached hydrogens (tertiary/aromatic N) is 3. The lowest BCUT2D eigenvalue weighted by atomic mass is 10.2. The molecule has 1 N–H and O–H groups in total. The summed E-state index contributed by atoms with van der Waals surface area (Å²) in [7, 11) is 0. The van der Waals surface area contributed by atoms with Crippen molar-refractivity contribution >= 4 is 5.91 Å². The van der Waals surface area contributed by atoms with Crippen LogP contribution in [-0.4, -0.2) is 58.1 Å². The molecular formula is C14H23N3O3. The maximum Gasteiger partial charge on any atom is 0.219 e. The maximum absolute atomic E-state index is 11.4. The number of oxazole rings is 1. The van der Waals surface area contributed by atoms with E-state index in [0.717, 1.165) is 18.1 Å². The summed E-state index contributed by atoms with van der Waals surface area (Å²) >= 11 is 0. The zero-order valence-electron chi connectivity index (χ0n) is 12.4. The highest BCUT2D eigenvalue weighted by Crippen LogP contribution is 2.15. The van der Waals surface area contributed by atoms with Crippen molar-refractivity contribution in [2.75, 3.05) is 26.2 Å². The minimum absolute atomic E-state index is 0.00873. The molecule has 1 fully saturated rings. The van der Waals surface area contributed by atoms with Crippen LogP contribution in [0, 0.1) is 0 Å². The minimum atomic E-state index is -0.516.